The maximum atomic E-state index is 12.4. The molecule has 2 aromatic rings. The molecule has 0 atom stereocenters. The number of hydrazine groups is 1. The number of hydrazone groups is 1. The van der Waals surface area contributed by atoms with E-state index in [1.165, 1.54) is 37.7 Å². The summed E-state index contributed by atoms with van der Waals surface area (Å²) in [6.45, 7) is 4.75. The molecule has 1 aromatic heterocycles. The summed E-state index contributed by atoms with van der Waals surface area (Å²) < 4.78 is 0. The van der Waals surface area contributed by atoms with Gasteiger partial charge in [-0.05, 0) is 55.4 Å². The fraction of sp³-hybridized carbons (Fsp3) is 0.480. The monoisotopic (exact) mass is 454 g/mol. The highest BCUT2D eigenvalue weighted by atomic mass is 16.3. The van der Waals surface area contributed by atoms with E-state index >= 15 is 0 Å². The first-order valence-corrected chi connectivity index (χ1v) is 11.6. The average Bonchev–Trinajstić information content (AvgIpc) is 2.82. The standard InChI is InChI=1S/C18H24N6O.C7H14O/c1-4-13-6-5-7-14(9-13)11-21-18(25)16-10-15(8-12(2)22-16)17(19)23-24(3)20;8-6-7-4-2-1-3-5-7/h5-10H,4,11,20H2,1-3H3,(H2,19,23)(H,21,25);7-8H,1-6H2. The Morgan fingerprint density at radius 3 is 2.52 bits per heavy atom. The molecule has 180 valence electrons. The highest BCUT2D eigenvalue weighted by molar-refractivity contribution is 6.00. The topological polar surface area (TPSA) is 130 Å². The van der Waals surface area contributed by atoms with Gasteiger partial charge in [-0.3, -0.25) is 4.79 Å². The Morgan fingerprint density at radius 2 is 1.91 bits per heavy atom. The summed E-state index contributed by atoms with van der Waals surface area (Å²) >= 11 is 0. The van der Waals surface area contributed by atoms with Crippen molar-refractivity contribution in [3.05, 3.63) is 64.5 Å². The molecule has 0 aliphatic heterocycles. The minimum atomic E-state index is -0.263. The third-order valence-corrected chi connectivity index (χ3v) is 5.58. The van der Waals surface area contributed by atoms with Crippen molar-refractivity contribution in [3.63, 3.8) is 0 Å². The predicted molar refractivity (Wildman–Crippen MR) is 132 cm³/mol. The number of aliphatic hydroxyl groups is 1. The summed E-state index contributed by atoms with van der Waals surface area (Å²) in [5, 5.41) is 16.6. The van der Waals surface area contributed by atoms with Crippen molar-refractivity contribution in [3.8, 4) is 0 Å². The Balaban J connectivity index is 0.000000405. The van der Waals surface area contributed by atoms with Crippen molar-refractivity contribution in [2.24, 2.45) is 22.6 Å². The molecule has 1 heterocycles. The van der Waals surface area contributed by atoms with Crippen molar-refractivity contribution < 1.29 is 9.90 Å². The molecule has 6 N–H and O–H groups in total. The quantitative estimate of drug-likeness (QED) is 0.220. The van der Waals surface area contributed by atoms with E-state index in [-0.39, 0.29) is 11.7 Å². The molecule has 1 amide bonds. The lowest BCUT2D eigenvalue weighted by molar-refractivity contribution is 0.0945. The van der Waals surface area contributed by atoms with Gasteiger partial charge in [-0.25, -0.2) is 15.9 Å². The number of nitrogens with zero attached hydrogens (tertiary/aromatic N) is 3. The molecule has 3 rings (SSSR count). The summed E-state index contributed by atoms with van der Waals surface area (Å²) in [5.74, 6) is 6.07. The van der Waals surface area contributed by atoms with Gasteiger partial charge in [-0.15, -0.1) is 5.10 Å². The molecule has 1 aromatic carbocycles. The largest absolute Gasteiger partial charge is 0.396 e. The van der Waals surface area contributed by atoms with Crippen LogP contribution >= 0.6 is 0 Å². The van der Waals surface area contributed by atoms with Crippen LogP contribution in [0.15, 0.2) is 41.5 Å². The van der Waals surface area contributed by atoms with Crippen LogP contribution in [0.3, 0.4) is 0 Å². The number of aryl methyl sites for hydroxylation is 2. The van der Waals surface area contributed by atoms with Gasteiger partial charge in [0.1, 0.15) is 5.69 Å². The van der Waals surface area contributed by atoms with Crippen molar-refractivity contribution in [1.82, 2.24) is 15.4 Å². The Morgan fingerprint density at radius 1 is 1.21 bits per heavy atom. The van der Waals surface area contributed by atoms with Gasteiger partial charge in [-0.2, -0.15) is 0 Å². The smallest absolute Gasteiger partial charge is 0.270 e. The van der Waals surface area contributed by atoms with Gasteiger partial charge in [0, 0.05) is 31.5 Å². The fourth-order valence-electron chi connectivity index (χ4n) is 3.76. The zero-order valence-corrected chi connectivity index (χ0v) is 20.1. The van der Waals surface area contributed by atoms with Crippen LogP contribution in [-0.4, -0.2) is 40.6 Å². The first kappa shape index (κ1) is 26.3. The van der Waals surface area contributed by atoms with Gasteiger partial charge in [-0.1, -0.05) is 50.5 Å². The number of hydrogen-bond acceptors (Lipinski definition) is 6. The van der Waals surface area contributed by atoms with E-state index in [4.69, 9.17) is 16.7 Å². The SMILES string of the molecule is CCc1cccc(CNC(=O)c2cc(/C(N)=N/N(C)N)cc(C)n2)c1.OCC1CCCCC1. The zero-order valence-electron chi connectivity index (χ0n) is 20.1. The molecule has 0 bridgehead atoms. The molecule has 1 aliphatic rings. The number of nitrogens with one attached hydrogen (secondary N) is 1. The molecule has 0 unspecified atom stereocenters. The summed E-state index contributed by atoms with van der Waals surface area (Å²) in [6, 6.07) is 11.5. The molecule has 1 saturated carbocycles. The van der Waals surface area contributed by atoms with E-state index < -0.39 is 0 Å². The number of rotatable bonds is 7. The second kappa shape index (κ2) is 13.5. The van der Waals surface area contributed by atoms with Gasteiger partial charge >= 0.3 is 0 Å². The Kier molecular flexibility index (Phi) is 10.8. The van der Waals surface area contributed by atoms with E-state index in [0.29, 0.717) is 36.0 Å². The van der Waals surface area contributed by atoms with Crippen LogP contribution in [0, 0.1) is 12.8 Å². The molecule has 8 heteroatoms. The van der Waals surface area contributed by atoms with Gasteiger partial charge in [0.25, 0.3) is 5.91 Å². The summed E-state index contributed by atoms with van der Waals surface area (Å²) in [6.07, 6.45) is 7.54. The number of nitrogens with two attached hydrogens (primary N) is 2. The number of carbonyl (C=O) groups excluding carboxylic acids is 1. The molecule has 0 saturated heterocycles. The fourth-order valence-corrected chi connectivity index (χ4v) is 3.76. The normalized spacial score (nSPS) is 14.3. The number of amidine groups is 1. The van der Waals surface area contributed by atoms with Crippen LogP contribution in [-0.2, 0) is 13.0 Å². The Labute approximate surface area is 197 Å². The van der Waals surface area contributed by atoms with Gasteiger partial charge < -0.3 is 16.2 Å². The number of carbonyl (C=O) groups is 1. The lowest BCUT2D eigenvalue weighted by atomic mass is 9.90. The minimum Gasteiger partial charge on any atom is -0.396 e. The number of amides is 1. The first-order chi connectivity index (χ1) is 15.8. The van der Waals surface area contributed by atoms with Gasteiger partial charge in [0.15, 0.2) is 5.84 Å². The van der Waals surface area contributed by atoms with Crippen molar-refractivity contribution in [2.45, 2.75) is 58.9 Å². The summed E-state index contributed by atoms with van der Waals surface area (Å²) in [5.41, 5.74) is 9.75. The molecule has 0 spiro atoms. The highest BCUT2D eigenvalue weighted by Crippen LogP contribution is 2.22. The molecular weight excluding hydrogens is 416 g/mol. The lowest BCUT2D eigenvalue weighted by Gasteiger charge is -2.18. The van der Waals surface area contributed by atoms with E-state index in [0.717, 1.165) is 17.1 Å². The van der Waals surface area contributed by atoms with E-state index in [2.05, 4.69) is 34.5 Å². The first-order valence-electron chi connectivity index (χ1n) is 11.6. The van der Waals surface area contributed by atoms with Crippen LogP contribution in [0.25, 0.3) is 0 Å². The van der Waals surface area contributed by atoms with E-state index in [9.17, 15) is 4.79 Å². The van der Waals surface area contributed by atoms with Crippen LogP contribution in [0.1, 0.15) is 71.9 Å². The third-order valence-electron chi connectivity index (χ3n) is 5.58. The van der Waals surface area contributed by atoms with E-state index in [1.54, 1.807) is 26.1 Å². The number of benzene rings is 1. The predicted octanol–water partition coefficient (Wildman–Crippen LogP) is 2.87. The molecular formula is C25H38N6O2. The number of pyridine rings is 1. The number of aliphatic hydroxyl groups excluding tert-OH is 1. The van der Waals surface area contributed by atoms with Crippen LogP contribution in [0.4, 0.5) is 0 Å². The van der Waals surface area contributed by atoms with Crippen LogP contribution in [0.5, 0.6) is 0 Å². The van der Waals surface area contributed by atoms with Gasteiger partial charge in [0.05, 0.1) is 0 Å². The summed E-state index contributed by atoms with van der Waals surface area (Å²) in [4.78, 5) is 16.7. The molecule has 1 fully saturated rings. The van der Waals surface area contributed by atoms with Crippen molar-refractivity contribution >= 4 is 11.7 Å². The Hall–Kier alpha value is -2.97. The second-order valence-electron chi connectivity index (χ2n) is 8.48. The second-order valence-corrected chi connectivity index (χ2v) is 8.48. The third kappa shape index (κ3) is 9.19. The average molecular weight is 455 g/mol. The zero-order chi connectivity index (χ0) is 24.2. The lowest BCUT2D eigenvalue weighted by Crippen LogP contribution is -2.27. The molecule has 33 heavy (non-hydrogen) atoms. The maximum Gasteiger partial charge on any atom is 0.270 e. The van der Waals surface area contributed by atoms with Crippen LogP contribution < -0.4 is 16.9 Å². The molecule has 0 radical (unpaired) electrons. The molecule has 1 aliphatic carbocycles. The van der Waals surface area contributed by atoms with Crippen molar-refractivity contribution in [1.29, 1.82) is 0 Å². The highest BCUT2D eigenvalue weighted by Gasteiger charge is 2.12. The minimum absolute atomic E-state index is 0.222. The van der Waals surface area contributed by atoms with Crippen molar-refractivity contribution in [2.75, 3.05) is 13.7 Å². The number of aromatic nitrogens is 1. The Bertz CT molecular complexity index is 923. The maximum absolute atomic E-state index is 12.4. The number of hydrogen-bond donors (Lipinski definition) is 4. The summed E-state index contributed by atoms with van der Waals surface area (Å²) in [7, 11) is 1.57. The van der Waals surface area contributed by atoms with Crippen LogP contribution in [0.2, 0.25) is 0 Å². The molecule has 8 nitrogen and oxygen atoms in total. The van der Waals surface area contributed by atoms with Gasteiger partial charge in [0.2, 0.25) is 0 Å². The van der Waals surface area contributed by atoms with E-state index in [1.807, 2.05) is 12.1 Å².